The van der Waals surface area contributed by atoms with Crippen molar-refractivity contribution in [1.82, 2.24) is 0 Å². The van der Waals surface area contributed by atoms with Crippen molar-refractivity contribution in [1.29, 1.82) is 0 Å². The summed E-state index contributed by atoms with van der Waals surface area (Å²) in [5.74, 6) is -1.74. The Morgan fingerprint density at radius 1 is 1.10 bits per heavy atom. The molecule has 0 radical (unpaired) electrons. The zero-order chi connectivity index (χ0) is 14.7. The van der Waals surface area contributed by atoms with Gasteiger partial charge in [-0.25, -0.2) is 8.78 Å². The highest BCUT2D eigenvalue weighted by Gasteiger charge is 2.13. The maximum atomic E-state index is 13.8. The van der Waals surface area contributed by atoms with Crippen LogP contribution in [-0.4, -0.2) is 6.29 Å². The molecule has 0 unspecified atom stereocenters. The van der Waals surface area contributed by atoms with Gasteiger partial charge in [0.25, 0.3) is 0 Å². The van der Waals surface area contributed by atoms with E-state index < -0.39 is 17.2 Å². The van der Waals surface area contributed by atoms with Crippen molar-refractivity contribution in [2.75, 3.05) is 4.72 Å². The minimum Gasteiger partial charge on any atom is -0.323 e. The minimum atomic E-state index is -0.878. The molecule has 0 saturated heterocycles. The Morgan fingerprint density at radius 2 is 1.75 bits per heavy atom. The molecule has 5 heteroatoms. The van der Waals surface area contributed by atoms with Crippen LogP contribution in [0.1, 0.15) is 21.5 Å². The Kier molecular flexibility index (Phi) is 4.39. The summed E-state index contributed by atoms with van der Waals surface area (Å²) in [5, 5.41) is 0. The van der Waals surface area contributed by atoms with E-state index in [1.807, 2.05) is 32.0 Å². The molecule has 2 nitrogen and oxygen atoms in total. The summed E-state index contributed by atoms with van der Waals surface area (Å²) in [7, 11) is 0. The molecule has 0 fully saturated rings. The number of nitrogens with one attached hydrogen (secondary N) is 1. The number of halogens is 2. The van der Waals surface area contributed by atoms with Gasteiger partial charge in [0.15, 0.2) is 12.1 Å². The second-order valence-corrected chi connectivity index (χ2v) is 5.35. The number of benzene rings is 2. The maximum Gasteiger partial charge on any atom is 0.160 e. The normalized spacial score (nSPS) is 10.4. The lowest BCUT2D eigenvalue weighted by molar-refractivity contribution is 0.111. The summed E-state index contributed by atoms with van der Waals surface area (Å²) >= 11 is 1.21. The van der Waals surface area contributed by atoms with Crippen molar-refractivity contribution in [3.63, 3.8) is 0 Å². The first kappa shape index (κ1) is 14.5. The van der Waals surface area contributed by atoms with Gasteiger partial charge in [-0.15, -0.1) is 0 Å². The third-order valence-electron chi connectivity index (χ3n) is 2.72. The van der Waals surface area contributed by atoms with Gasteiger partial charge in [0, 0.05) is 4.90 Å². The highest BCUT2D eigenvalue weighted by atomic mass is 32.2. The Bertz CT molecular complexity index is 638. The van der Waals surface area contributed by atoms with Crippen molar-refractivity contribution in [2.45, 2.75) is 18.7 Å². The number of hydrogen-bond donors (Lipinski definition) is 1. The number of aryl methyl sites for hydroxylation is 2. The first-order valence-corrected chi connectivity index (χ1v) is 6.77. The number of hydrogen-bond acceptors (Lipinski definition) is 3. The molecule has 0 saturated carbocycles. The lowest BCUT2D eigenvalue weighted by Crippen LogP contribution is -1.99. The van der Waals surface area contributed by atoms with Crippen molar-refractivity contribution in [3.05, 3.63) is 58.7 Å². The van der Waals surface area contributed by atoms with Crippen LogP contribution >= 0.6 is 11.9 Å². The number of anilines is 1. The van der Waals surface area contributed by atoms with Crippen LogP contribution in [0.15, 0.2) is 35.2 Å². The van der Waals surface area contributed by atoms with Gasteiger partial charge in [0.2, 0.25) is 0 Å². The number of carbonyl (C=O) groups is 1. The van der Waals surface area contributed by atoms with Gasteiger partial charge < -0.3 is 4.72 Å². The first-order valence-electron chi connectivity index (χ1n) is 5.95. The van der Waals surface area contributed by atoms with E-state index in [2.05, 4.69) is 4.72 Å². The SMILES string of the molecule is Cc1cc(C)cc(SNc2ccc(F)c(C=O)c2F)c1. The van der Waals surface area contributed by atoms with Gasteiger partial charge in [-0.05, 0) is 61.2 Å². The minimum absolute atomic E-state index is 0.0812. The highest BCUT2D eigenvalue weighted by Crippen LogP contribution is 2.27. The summed E-state index contributed by atoms with van der Waals surface area (Å²) < 4.78 is 29.8. The molecule has 0 heterocycles. The van der Waals surface area contributed by atoms with Crippen LogP contribution in [0.5, 0.6) is 0 Å². The first-order chi connectivity index (χ1) is 9.51. The molecule has 1 N–H and O–H groups in total. The number of carbonyl (C=O) groups excluding carboxylic acids is 1. The fraction of sp³-hybridized carbons (Fsp3) is 0.133. The Balaban J connectivity index is 2.21. The monoisotopic (exact) mass is 293 g/mol. The zero-order valence-electron chi connectivity index (χ0n) is 11.0. The number of aldehydes is 1. The third-order valence-corrected chi connectivity index (χ3v) is 3.51. The van der Waals surface area contributed by atoms with E-state index in [9.17, 15) is 13.6 Å². The zero-order valence-corrected chi connectivity index (χ0v) is 11.9. The second-order valence-electron chi connectivity index (χ2n) is 4.47. The smallest absolute Gasteiger partial charge is 0.160 e. The predicted octanol–water partition coefficient (Wildman–Crippen LogP) is 4.51. The maximum absolute atomic E-state index is 13.8. The molecule has 0 aromatic heterocycles. The van der Waals surface area contributed by atoms with Crippen LogP contribution in [0.25, 0.3) is 0 Å². The fourth-order valence-electron chi connectivity index (χ4n) is 1.86. The topological polar surface area (TPSA) is 29.1 Å². The summed E-state index contributed by atoms with van der Waals surface area (Å²) in [6.07, 6.45) is 0.178. The molecular weight excluding hydrogens is 280 g/mol. The molecule has 20 heavy (non-hydrogen) atoms. The van der Waals surface area contributed by atoms with Crippen LogP contribution < -0.4 is 4.72 Å². The Hall–Kier alpha value is -1.88. The molecule has 0 spiro atoms. The van der Waals surface area contributed by atoms with Crippen LogP contribution in [0.2, 0.25) is 0 Å². The predicted molar refractivity (Wildman–Crippen MR) is 77.1 cm³/mol. The average Bonchev–Trinajstić information content (AvgIpc) is 2.37. The molecule has 2 aromatic rings. The molecule has 2 aromatic carbocycles. The van der Waals surface area contributed by atoms with Crippen LogP contribution in [0.4, 0.5) is 14.5 Å². The summed E-state index contributed by atoms with van der Waals surface area (Å²) in [4.78, 5) is 11.6. The molecule has 0 aliphatic rings. The van der Waals surface area contributed by atoms with E-state index in [-0.39, 0.29) is 12.0 Å². The fourth-order valence-corrected chi connectivity index (χ4v) is 2.74. The van der Waals surface area contributed by atoms with Gasteiger partial charge >= 0.3 is 0 Å². The van der Waals surface area contributed by atoms with Crippen molar-refractivity contribution < 1.29 is 13.6 Å². The van der Waals surface area contributed by atoms with E-state index in [0.29, 0.717) is 0 Å². The molecule has 0 bridgehead atoms. The second kappa shape index (κ2) is 6.05. The summed E-state index contributed by atoms with van der Waals surface area (Å²) in [6, 6.07) is 8.27. The molecule has 2 rings (SSSR count). The molecule has 0 aliphatic heterocycles. The number of rotatable bonds is 4. The Morgan fingerprint density at radius 3 is 2.35 bits per heavy atom. The van der Waals surface area contributed by atoms with E-state index in [4.69, 9.17) is 0 Å². The highest BCUT2D eigenvalue weighted by molar-refractivity contribution is 8.00. The van der Waals surface area contributed by atoms with Crippen molar-refractivity contribution in [3.8, 4) is 0 Å². The lowest BCUT2D eigenvalue weighted by Gasteiger charge is -2.09. The van der Waals surface area contributed by atoms with Crippen LogP contribution in [0.3, 0.4) is 0 Å². The van der Waals surface area contributed by atoms with Crippen LogP contribution in [-0.2, 0) is 0 Å². The van der Waals surface area contributed by atoms with Gasteiger partial charge in [0.1, 0.15) is 5.82 Å². The largest absolute Gasteiger partial charge is 0.323 e. The third kappa shape index (κ3) is 3.17. The van der Waals surface area contributed by atoms with Gasteiger partial charge in [-0.2, -0.15) is 0 Å². The lowest BCUT2D eigenvalue weighted by atomic mass is 10.2. The van der Waals surface area contributed by atoms with Crippen LogP contribution in [0, 0.1) is 25.5 Å². The molecule has 0 amide bonds. The average molecular weight is 293 g/mol. The summed E-state index contributed by atoms with van der Waals surface area (Å²) in [6.45, 7) is 3.94. The molecule has 0 atom stereocenters. The van der Waals surface area contributed by atoms with E-state index in [0.717, 1.165) is 22.1 Å². The van der Waals surface area contributed by atoms with E-state index in [1.54, 1.807) is 0 Å². The van der Waals surface area contributed by atoms with E-state index >= 15 is 0 Å². The van der Waals surface area contributed by atoms with Gasteiger partial charge in [0.05, 0.1) is 11.3 Å². The van der Waals surface area contributed by atoms with Gasteiger partial charge in [-0.1, -0.05) is 6.07 Å². The molecular formula is C15H13F2NOS. The van der Waals surface area contributed by atoms with Crippen molar-refractivity contribution >= 4 is 23.9 Å². The van der Waals surface area contributed by atoms with Gasteiger partial charge in [-0.3, -0.25) is 4.79 Å². The Labute approximate surface area is 120 Å². The standard InChI is InChI=1S/C15H13F2NOS/c1-9-5-10(2)7-11(6-9)20-18-14-4-3-13(16)12(8-19)15(14)17/h3-8,18H,1-2H3. The summed E-state index contributed by atoms with van der Waals surface area (Å²) in [5.41, 5.74) is 1.72. The van der Waals surface area contributed by atoms with E-state index in [1.165, 1.54) is 18.0 Å². The molecule has 104 valence electrons. The van der Waals surface area contributed by atoms with Crippen molar-refractivity contribution in [2.24, 2.45) is 0 Å². The quantitative estimate of drug-likeness (QED) is 0.664. The molecule has 0 aliphatic carbocycles.